The number of nitrogens with zero attached hydrogens (tertiary/aromatic N) is 4. The topological polar surface area (TPSA) is 153 Å². The highest BCUT2D eigenvalue weighted by atomic mass is 16.4. The van der Waals surface area contributed by atoms with Crippen LogP contribution in [0.3, 0.4) is 0 Å². The molecule has 1 aliphatic heterocycles. The quantitative estimate of drug-likeness (QED) is 0.455. The van der Waals surface area contributed by atoms with Crippen LogP contribution in [0.1, 0.15) is 17.3 Å². The third kappa shape index (κ3) is 7.82. The van der Waals surface area contributed by atoms with Crippen LogP contribution in [0.25, 0.3) is 0 Å². The molecule has 0 bridgehead atoms. The maximum absolute atomic E-state index is 12.2. The fraction of sp³-hybridized carbons (Fsp3) is 0.300. The third-order valence-corrected chi connectivity index (χ3v) is 4.33. The number of rotatable bonds is 5. The molecule has 1 saturated heterocycles. The second-order valence-electron chi connectivity index (χ2n) is 6.60. The van der Waals surface area contributed by atoms with E-state index in [4.69, 9.17) is 19.8 Å². The van der Waals surface area contributed by atoms with Crippen molar-refractivity contribution in [3.05, 3.63) is 48.3 Å². The summed E-state index contributed by atoms with van der Waals surface area (Å²) in [6.45, 7) is 5.03. The minimum atomic E-state index is -1.82. The Morgan fingerprint density at radius 3 is 1.97 bits per heavy atom. The Hall–Kier alpha value is -3.86. The van der Waals surface area contributed by atoms with Crippen LogP contribution in [0.5, 0.6) is 0 Å². The van der Waals surface area contributed by atoms with Gasteiger partial charge in [-0.25, -0.2) is 19.6 Å². The van der Waals surface area contributed by atoms with E-state index in [-0.39, 0.29) is 11.7 Å². The van der Waals surface area contributed by atoms with Crippen LogP contribution in [0.4, 0.5) is 11.6 Å². The highest BCUT2D eigenvalue weighted by Crippen LogP contribution is 2.12. The molecular weight excluding hydrogens is 406 g/mol. The first kappa shape index (κ1) is 23.4. The molecule has 0 saturated carbocycles. The Labute approximate surface area is 178 Å². The number of carboxylic acid groups (broad SMARTS) is 2. The van der Waals surface area contributed by atoms with Gasteiger partial charge in [-0.05, 0) is 37.3 Å². The molecule has 3 N–H and O–H groups in total. The third-order valence-electron chi connectivity index (χ3n) is 4.33. The van der Waals surface area contributed by atoms with Crippen LogP contribution in [-0.4, -0.2) is 81.4 Å². The lowest BCUT2D eigenvalue weighted by atomic mass is 10.1. The molecule has 1 amide bonds. The van der Waals surface area contributed by atoms with E-state index in [0.29, 0.717) is 17.8 Å². The number of aliphatic carboxylic acids is 2. The maximum Gasteiger partial charge on any atom is 0.414 e. The summed E-state index contributed by atoms with van der Waals surface area (Å²) in [6.07, 6.45) is 3.47. The summed E-state index contributed by atoms with van der Waals surface area (Å²) >= 11 is 0. The van der Waals surface area contributed by atoms with Crippen LogP contribution in [-0.2, 0) is 14.4 Å². The van der Waals surface area contributed by atoms with E-state index in [9.17, 15) is 9.59 Å². The molecule has 11 nitrogen and oxygen atoms in total. The molecule has 0 unspecified atom stereocenters. The number of carbonyl (C=O) groups is 4. The zero-order valence-corrected chi connectivity index (χ0v) is 16.9. The smallest absolute Gasteiger partial charge is 0.414 e. The fourth-order valence-electron chi connectivity index (χ4n) is 2.75. The van der Waals surface area contributed by atoms with E-state index in [1.54, 1.807) is 42.7 Å². The normalized spacial score (nSPS) is 13.5. The van der Waals surface area contributed by atoms with Crippen molar-refractivity contribution in [2.45, 2.75) is 6.92 Å². The van der Waals surface area contributed by atoms with Gasteiger partial charge in [0.25, 0.3) is 0 Å². The summed E-state index contributed by atoms with van der Waals surface area (Å²) in [4.78, 5) is 54.4. The highest BCUT2D eigenvalue weighted by molar-refractivity contribution is 6.27. The van der Waals surface area contributed by atoms with Gasteiger partial charge in [0, 0.05) is 49.8 Å². The first-order chi connectivity index (χ1) is 14.8. The first-order valence-electron chi connectivity index (χ1n) is 9.37. The molecule has 0 atom stereocenters. The minimum absolute atomic E-state index is 0.0122. The monoisotopic (exact) mass is 429 g/mol. The van der Waals surface area contributed by atoms with Crippen LogP contribution in [0.2, 0.25) is 0 Å². The SMILES string of the molecule is CC(=O)c1ccc(NC(=O)CN2CCN(c3ncccn3)CC2)cc1.O=C(O)C(=O)O. The number of hydrogen-bond acceptors (Lipinski definition) is 8. The van der Waals surface area contributed by atoms with Gasteiger partial charge in [-0.15, -0.1) is 0 Å². The van der Waals surface area contributed by atoms with Crippen molar-refractivity contribution in [1.82, 2.24) is 14.9 Å². The van der Waals surface area contributed by atoms with Crippen molar-refractivity contribution in [2.75, 3.05) is 42.9 Å². The Morgan fingerprint density at radius 1 is 0.935 bits per heavy atom. The molecule has 0 radical (unpaired) electrons. The number of amides is 1. The Morgan fingerprint density at radius 2 is 1.48 bits per heavy atom. The van der Waals surface area contributed by atoms with Crippen molar-refractivity contribution in [3.8, 4) is 0 Å². The zero-order chi connectivity index (χ0) is 22.8. The van der Waals surface area contributed by atoms with Gasteiger partial charge >= 0.3 is 11.9 Å². The van der Waals surface area contributed by atoms with Crippen molar-refractivity contribution in [1.29, 1.82) is 0 Å². The number of benzene rings is 1. The van der Waals surface area contributed by atoms with Crippen molar-refractivity contribution >= 4 is 35.3 Å². The molecule has 11 heteroatoms. The molecule has 0 spiro atoms. The number of ketones is 1. The lowest BCUT2D eigenvalue weighted by molar-refractivity contribution is -0.159. The summed E-state index contributed by atoms with van der Waals surface area (Å²) in [6, 6.07) is 8.73. The molecule has 164 valence electrons. The number of anilines is 2. The summed E-state index contributed by atoms with van der Waals surface area (Å²) in [5, 5.41) is 17.7. The summed E-state index contributed by atoms with van der Waals surface area (Å²) in [5.41, 5.74) is 1.34. The van der Waals surface area contributed by atoms with E-state index in [0.717, 1.165) is 32.1 Å². The number of Topliss-reactive ketones (excluding diaryl/α,β-unsaturated/α-hetero) is 1. The number of piperazine rings is 1. The van der Waals surface area contributed by atoms with E-state index in [1.165, 1.54) is 6.92 Å². The van der Waals surface area contributed by atoms with Crippen molar-refractivity contribution < 1.29 is 29.4 Å². The summed E-state index contributed by atoms with van der Waals surface area (Å²) in [7, 11) is 0. The Kier molecular flexibility index (Phi) is 8.58. The average molecular weight is 429 g/mol. The molecule has 1 fully saturated rings. The minimum Gasteiger partial charge on any atom is -0.473 e. The van der Waals surface area contributed by atoms with Gasteiger partial charge in [-0.2, -0.15) is 0 Å². The van der Waals surface area contributed by atoms with Crippen molar-refractivity contribution in [3.63, 3.8) is 0 Å². The van der Waals surface area contributed by atoms with Gasteiger partial charge in [0.1, 0.15) is 0 Å². The van der Waals surface area contributed by atoms with Crippen LogP contribution >= 0.6 is 0 Å². The second-order valence-corrected chi connectivity index (χ2v) is 6.60. The Bertz CT molecular complexity index is 899. The van der Waals surface area contributed by atoms with Gasteiger partial charge < -0.3 is 20.4 Å². The van der Waals surface area contributed by atoms with E-state index >= 15 is 0 Å². The van der Waals surface area contributed by atoms with Crippen LogP contribution in [0, 0.1) is 0 Å². The second kappa shape index (κ2) is 11.4. The number of hydrogen-bond donors (Lipinski definition) is 3. The molecule has 2 aromatic rings. The number of carbonyl (C=O) groups excluding carboxylic acids is 2. The van der Waals surface area contributed by atoms with Crippen molar-refractivity contribution in [2.24, 2.45) is 0 Å². The zero-order valence-electron chi connectivity index (χ0n) is 16.9. The lowest BCUT2D eigenvalue weighted by Crippen LogP contribution is -2.49. The largest absolute Gasteiger partial charge is 0.473 e. The highest BCUT2D eigenvalue weighted by Gasteiger charge is 2.20. The number of carboxylic acids is 2. The summed E-state index contributed by atoms with van der Waals surface area (Å²) < 4.78 is 0. The molecule has 0 aliphatic carbocycles. The maximum atomic E-state index is 12.2. The van der Waals surface area contributed by atoms with Gasteiger partial charge in [-0.3, -0.25) is 14.5 Å². The molecule has 2 heterocycles. The molecule has 1 aliphatic rings. The van der Waals surface area contributed by atoms with Gasteiger partial charge in [0.15, 0.2) is 5.78 Å². The molecule has 1 aromatic heterocycles. The van der Waals surface area contributed by atoms with Gasteiger partial charge in [-0.1, -0.05) is 0 Å². The predicted octanol–water partition coefficient (Wildman–Crippen LogP) is 0.596. The van der Waals surface area contributed by atoms with E-state index in [2.05, 4.69) is 25.1 Å². The standard InChI is InChI=1S/C18H21N5O2.C2H2O4/c1-14(24)15-3-5-16(6-4-15)21-17(25)13-22-9-11-23(12-10-22)18-19-7-2-8-20-18;3-1(4)2(5)6/h2-8H,9-13H2,1H3,(H,21,25);(H,3,4)(H,5,6). The first-order valence-corrected chi connectivity index (χ1v) is 9.37. The van der Waals surface area contributed by atoms with Crippen LogP contribution in [0.15, 0.2) is 42.7 Å². The molecular formula is C20H23N5O6. The number of aromatic nitrogens is 2. The van der Waals surface area contributed by atoms with Gasteiger partial charge in [0.05, 0.1) is 6.54 Å². The Balaban J connectivity index is 0.000000501. The summed E-state index contributed by atoms with van der Waals surface area (Å²) in [5.74, 6) is -2.96. The molecule has 3 rings (SSSR count). The van der Waals surface area contributed by atoms with Crippen LogP contribution < -0.4 is 10.2 Å². The van der Waals surface area contributed by atoms with Gasteiger partial charge in [0.2, 0.25) is 11.9 Å². The van der Waals surface area contributed by atoms with E-state index in [1.807, 2.05) is 0 Å². The lowest BCUT2D eigenvalue weighted by Gasteiger charge is -2.34. The number of nitrogens with one attached hydrogen (secondary N) is 1. The van der Waals surface area contributed by atoms with E-state index < -0.39 is 11.9 Å². The molecule has 1 aromatic carbocycles. The average Bonchev–Trinajstić information content (AvgIpc) is 2.75. The fourth-order valence-corrected chi connectivity index (χ4v) is 2.75. The molecule has 31 heavy (non-hydrogen) atoms. The predicted molar refractivity (Wildman–Crippen MR) is 111 cm³/mol.